The maximum atomic E-state index is 12.5. The number of hydrogen-bond acceptors (Lipinski definition) is 4. The van der Waals surface area contributed by atoms with Gasteiger partial charge in [0.05, 0.1) is 6.61 Å². The van der Waals surface area contributed by atoms with Crippen LogP contribution in [-0.2, 0) is 22.6 Å². The quantitative estimate of drug-likeness (QED) is 0.347. The van der Waals surface area contributed by atoms with Crippen LogP contribution in [0.25, 0.3) is 0 Å². The zero-order valence-electron chi connectivity index (χ0n) is 18.4. The Morgan fingerprint density at radius 3 is 2.55 bits per heavy atom. The van der Waals surface area contributed by atoms with E-state index >= 15 is 0 Å². The Kier molecular flexibility index (Phi) is 8.72. The highest BCUT2D eigenvalue weighted by Gasteiger charge is 2.22. The number of carbonyl (C=O) groups excluding carboxylic acids is 1. The number of nitrogens with zero attached hydrogens (tertiary/aromatic N) is 2. The third-order valence-electron chi connectivity index (χ3n) is 5.14. The van der Waals surface area contributed by atoms with Gasteiger partial charge in [-0.25, -0.2) is 0 Å². The van der Waals surface area contributed by atoms with Crippen LogP contribution >= 0.6 is 0 Å². The van der Waals surface area contributed by atoms with Crippen molar-refractivity contribution in [1.29, 1.82) is 0 Å². The lowest BCUT2D eigenvalue weighted by Crippen LogP contribution is -2.32. The summed E-state index contributed by atoms with van der Waals surface area (Å²) in [5.41, 5.74) is 3.40. The van der Waals surface area contributed by atoms with Crippen molar-refractivity contribution in [1.82, 2.24) is 10.2 Å². The molecule has 0 unspecified atom stereocenters. The number of ether oxygens (including phenoxy) is 2. The minimum atomic E-state index is 0.194. The Morgan fingerprint density at radius 2 is 1.84 bits per heavy atom. The van der Waals surface area contributed by atoms with Crippen molar-refractivity contribution < 1.29 is 14.3 Å². The first kappa shape index (κ1) is 22.6. The molecule has 0 radical (unpaired) electrons. The molecule has 2 aromatic rings. The van der Waals surface area contributed by atoms with Crippen LogP contribution in [0.1, 0.15) is 30.4 Å². The summed E-state index contributed by atoms with van der Waals surface area (Å²) in [7, 11) is 3.41. The lowest BCUT2D eigenvalue weighted by molar-refractivity contribution is -0.131. The van der Waals surface area contributed by atoms with Gasteiger partial charge in [0.25, 0.3) is 0 Å². The molecule has 2 N–H and O–H groups in total. The van der Waals surface area contributed by atoms with Crippen molar-refractivity contribution in [3.05, 3.63) is 59.7 Å². The van der Waals surface area contributed by atoms with Crippen molar-refractivity contribution in [2.45, 2.75) is 32.4 Å². The Balaban J connectivity index is 1.37. The summed E-state index contributed by atoms with van der Waals surface area (Å²) in [5.74, 6) is 1.66. The van der Waals surface area contributed by atoms with Crippen LogP contribution in [0.5, 0.6) is 5.75 Å². The summed E-state index contributed by atoms with van der Waals surface area (Å²) >= 11 is 0. The van der Waals surface area contributed by atoms with Gasteiger partial charge in [0, 0.05) is 65.0 Å². The molecule has 0 saturated carbocycles. The van der Waals surface area contributed by atoms with E-state index in [9.17, 15) is 4.79 Å². The fraction of sp³-hybridized carbons (Fsp3) is 0.417. The number of carbonyl (C=O) groups is 1. The zero-order chi connectivity index (χ0) is 21.9. The van der Waals surface area contributed by atoms with E-state index in [0.717, 1.165) is 37.4 Å². The lowest BCUT2D eigenvalue weighted by Gasteiger charge is -2.16. The van der Waals surface area contributed by atoms with Crippen LogP contribution in [-0.4, -0.2) is 50.7 Å². The number of anilines is 1. The van der Waals surface area contributed by atoms with Gasteiger partial charge in [-0.05, 0) is 29.7 Å². The highest BCUT2D eigenvalue weighted by molar-refractivity contribution is 5.93. The summed E-state index contributed by atoms with van der Waals surface area (Å²) in [6.45, 7) is 3.40. The average Bonchev–Trinajstić information content (AvgIpc) is 3.23. The number of rotatable bonds is 10. The van der Waals surface area contributed by atoms with Crippen molar-refractivity contribution in [2.75, 3.05) is 39.2 Å². The number of aliphatic imine (C=N–C) groups is 1. The Hall–Kier alpha value is -3.06. The molecule has 0 aliphatic carbocycles. The Bertz CT molecular complexity index is 860. The normalized spacial score (nSPS) is 13.1. The zero-order valence-corrected chi connectivity index (χ0v) is 18.4. The monoisotopic (exact) mass is 424 g/mol. The second kappa shape index (κ2) is 12.0. The predicted octanol–water partition coefficient (Wildman–Crippen LogP) is 3.41. The minimum absolute atomic E-state index is 0.194. The van der Waals surface area contributed by atoms with Gasteiger partial charge in [-0.2, -0.15) is 0 Å². The van der Waals surface area contributed by atoms with Gasteiger partial charge < -0.3 is 25.0 Å². The molecule has 0 spiro atoms. The number of fused-ring (bicyclic) bond motifs is 1. The maximum Gasteiger partial charge on any atom is 0.223 e. The van der Waals surface area contributed by atoms with Crippen LogP contribution in [0.3, 0.4) is 0 Å². The summed E-state index contributed by atoms with van der Waals surface area (Å²) in [4.78, 5) is 18.7. The van der Waals surface area contributed by atoms with Crippen molar-refractivity contribution >= 4 is 17.6 Å². The maximum absolute atomic E-state index is 12.5. The van der Waals surface area contributed by atoms with Crippen LogP contribution < -0.4 is 15.4 Å². The fourth-order valence-electron chi connectivity index (χ4n) is 3.49. The number of hydrogen-bond donors (Lipinski definition) is 2. The summed E-state index contributed by atoms with van der Waals surface area (Å²) in [6.07, 6.45) is 2.11. The van der Waals surface area contributed by atoms with Gasteiger partial charge in [-0.3, -0.25) is 9.79 Å². The molecule has 0 aromatic heterocycles. The van der Waals surface area contributed by atoms with Crippen molar-refractivity contribution in [3.8, 4) is 5.75 Å². The first-order chi connectivity index (χ1) is 15.2. The van der Waals surface area contributed by atoms with Crippen LogP contribution in [0, 0.1) is 0 Å². The highest BCUT2D eigenvalue weighted by atomic mass is 16.5. The van der Waals surface area contributed by atoms with E-state index in [1.165, 1.54) is 11.1 Å². The average molecular weight is 425 g/mol. The molecule has 7 nitrogen and oxygen atoms in total. The summed E-state index contributed by atoms with van der Waals surface area (Å²) in [6, 6.07) is 16.0. The molecule has 0 fully saturated rings. The lowest BCUT2D eigenvalue weighted by atomic mass is 10.1. The SMILES string of the molecule is CN=C(NCCCC(=O)N1Cc2ccccc2C1)Nc1cccc(OCCCOC)c1. The van der Waals surface area contributed by atoms with Crippen LogP contribution in [0.4, 0.5) is 5.69 Å². The molecule has 0 saturated heterocycles. The van der Waals surface area contributed by atoms with Crippen LogP contribution in [0.2, 0.25) is 0 Å². The smallest absolute Gasteiger partial charge is 0.223 e. The van der Waals surface area contributed by atoms with Gasteiger partial charge >= 0.3 is 0 Å². The number of benzene rings is 2. The second-order valence-corrected chi connectivity index (χ2v) is 7.47. The van der Waals surface area contributed by atoms with Gasteiger partial charge in [0.1, 0.15) is 5.75 Å². The summed E-state index contributed by atoms with van der Waals surface area (Å²) < 4.78 is 10.8. The number of guanidine groups is 1. The molecule has 3 rings (SSSR count). The predicted molar refractivity (Wildman–Crippen MR) is 123 cm³/mol. The topological polar surface area (TPSA) is 75.2 Å². The first-order valence-corrected chi connectivity index (χ1v) is 10.7. The van der Waals surface area contributed by atoms with E-state index < -0.39 is 0 Å². The number of nitrogens with one attached hydrogen (secondary N) is 2. The number of amides is 1. The first-order valence-electron chi connectivity index (χ1n) is 10.7. The number of methoxy groups -OCH3 is 1. The Labute approximate surface area is 184 Å². The molecular formula is C24H32N4O3. The third kappa shape index (κ3) is 7.00. The van der Waals surface area contributed by atoms with Gasteiger partial charge in [-0.15, -0.1) is 0 Å². The molecule has 1 aliphatic rings. The third-order valence-corrected chi connectivity index (χ3v) is 5.14. The molecule has 1 heterocycles. The van der Waals surface area contributed by atoms with Gasteiger partial charge in [0.2, 0.25) is 5.91 Å². The summed E-state index contributed by atoms with van der Waals surface area (Å²) in [5, 5.41) is 6.54. The standard InChI is InChI=1S/C24H32N4O3/c1-25-24(27-21-10-5-11-22(16-21)31-15-7-14-30-2)26-13-6-12-23(29)28-17-19-8-3-4-9-20(19)18-28/h3-5,8-11,16H,6-7,12-15,17-18H2,1-2H3,(H2,25,26,27). The molecule has 1 amide bonds. The largest absolute Gasteiger partial charge is 0.493 e. The molecule has 0 atom stereocenters. The van der Waals surface area contributed by atoms with E-state index in [1.807, 2.05) is 41.3 Å². The second-order valence-electron chi connectivity index (χ2n) is 7.47. The minimum Gasteiger partial charge on any atom is -0.493 e. The molecule has 0 bridgehead atoms. The van der Waals surface area contributed by atoms with E-state index in [-0.39, 0.29) is 5.91 Å². The fourth-order valence-corrected chi connectivity index (χ4v) is 3.49. The van der Waals surface area contributed by atoms with Crippen LogP contribution in [0.15, 0.2) is 53.5 Å². The Morgan fingerprint density at radius 1 is 1.06 bits per heavy atom. The molecule has 1 aliphatic heterocycles. The molecule has 166 valence electrons. The van der Waals surface area contributed by atoms with E-state index in [1.54, 1.807) is 14.2 Å². The van der Waals surface area contributed by atoms with E-state index in [4.69, 9.17) is 9.47 Å². The van der Waals surface area contributed by atoms with E-state index in [0.29, 0.717) is 32.1 Å². The van der Waals surface area contributed by atoms with E-state index in [2.05, 4.69) is 27.8 Å². The van der Waals surface area contributed by atoms with Crippen molar-refractivity contribution in [2.24, 2.45) is 4.99 Å². The molecule has 2 aromatic carbocycles. The van der Waals surface area contributed by atoms with Gasteiger partial charge in [0.15, 0.2) is 5.96 Å². The van der Waals surface area contributed by atoms with Crippen molar-refractivity contribution in [3.63, 3.8) is 0 Å². The highest BCUT2D eigenvalue weighted by Crippen LogP contribution is 2.23. The van der Waals surface area contributed by atoms with Gasteiger partial charge in [-0.1, -0.05) is 30.3 Å². The molecule has 31 heavy (non-hydrogen) atoms. The molecular weight excluding hydrogens is 392 g/mol. The molecule has 7 heteroatoms.